The third-order valence-corrected chi connectivity index (χ3v) is 14.8. The molecule has 25 N–H and O–H groups in total. The van der Waals surface area contributed by atoms with Gasteiger partial charge < -0.3 is 93.1 Å². The fourth-order valence-corrected chi connectivity index (χ4v) is 9.43. The van der Waals surface area contributed by atoms with Crippen molar-refractivity contribution >= 4 is 86.9 Å². The summed E-state index contributed by atoms with van der Waals surface area (Å²) >= 11 is 0. The zero-order chi connectivity index (χ0) is 62.9. The van der Waals surface area contributed by atoms with Crippen molar-refractivity contribution in [2.24, 2.45) is 78.6 Å². The normalized spacial score (nSPS) is 14.8. The van der Waals surface area contributed by atoms with Crippen LogP contribution in [0, 0.1) is 17.8 Å². The summed E-state index contributed by atoms with van der Waals surface area (Å²) in [6.07, 6.45) is 5.25. The lowest BCUT2D eigenvalue weighted by molar-refractivity contribution is -0.137. The highest BCUT2D eigenvalue weighted by molar-refractivity contribution is 5.99. The molecule has 2 aromatic carbocycles. The largest absolute Gasteiger partial charge is 0.370 e. The Morgan fingerprint density at radius 2 is 0.800 bits per heavy atom. The number of guanidine groups is 3. The summed E-state index contributed by atoms with van der Waals surface area (Å²) in [5, 5.41) is 21.1. The summed E-state index contributed by atoms with van der Waals surface area (Å²) < 4.78 is 0. The Hall–Kier alpha value is -8.95. The standard InChI is InChI=1S/C57H90N20O8/c1-7-31(5)45(76-48(79)37(58)18-13-23-66-55(60)61)54(85)74-43(27-34-29-70-39-20-12-10-17-36(34)39)51(82)75-44(30(3)4)52(83)77-46(32(6)8-2)53(84)72-41(22-15-25-68-57(64)65)49(80)73-42(26-33-28-69-38-19-11-9-16-35(33)38)50(81)71-40(47(59)78)21-14-24-67-56(62)63/h9-12,16-17,19-20,28-32,37,40-46,69-70H,7-8,13-15,18,21-27,58H2,1-6H3,(H2,59,78)(H,71,81)(H,72,84)(H,73,80)(H,74,85)(H,75,82)(H,76,79)(H,77,83)(H4,60,61,66)(H4,62,63,67)(H4,64,65,68)/t31-,32-,37-,40-,41-,42-,43-,44-,45-,46-/m0/s1. The molecule has 85 heavy (non-hydrogen) atoms. The van der Waals surface area contributed by atoms with E-state index in [9.17, 15) is 38.4 Å². The predicted molar refractivity (Wildman–Crippen MR) is 328 cm³/mol. The maximum Gasteiger partial charge on any atom is 0.243 e. The van der Waals surface area contributed by atoms with Crippen molar-refractivity contribution in [1.29, 1.82) is 0 Å². The number of nitrogens with zero attached hydrogens (tertiary/aromatic N) is 3. The van der Waals surface area contributed by atoms with Crippen molar-refractivity contribution in [2.75, 3.05) is 19.6 Å². The van der Waals surface area contributed by atoms with Crippen LogP contribution in [0.1, 0.15) is 104 Å². The van der Waals surface area contributed by atoms with E-state index in [0.717, 1.165) is 21.8 Å². The summed E-state index contributed by atoms with van der Waals surface area (Å²) in [6.45, 7) is 11.0. The van der Waals surface area contributed by atoms with E-state index in [-0.39, 0.29) is 82.5 Å². The number of aliphatic imine (C=N–C) groups is 3. The topological polar surface area (TPSA) is 498 Å². The molecule has 0 spiro atoms. The van der Waals surface area contributed by atoms with Crippen molar-refractivity contribution in [1.82, 2.24) is 47.2 Å². The number of nitrogens with one attached hydrogen (secondary N) is 9. The lowest BCUT2D eigenvalue weighted by Crippen LogP contribution is -2.62. The second kappa shape index (κ2) is 34.0. The van der Waals surface area contributed by atoms with Gasteiger partial charge in [-0.05, 0) is 79.5 Å². The molecule has 10 atom stereocenters. The van der Waals surface area contributed by atoms with Gasteiger partial charge in [0.15, 0.2) is 17.9 Å². The Morgan fingerprint density at radius 3 is 1.24 bits per heavy atom. The molecule has 0 bridgehead atoms. The van der Waals surface area contributed by atoms with Crippen LogP contribution in [0.4, 0.5) is 0 Å². The number of carbonyl (C=O) groups excluding carboxylic acids is 8. The Kier molecular flexibility index (Phi) is 27.4. The second-order valence-electron chi connectivity index (χ2n) is 21.7. The molecule has 0 unspecified atom stereocenters. The molecule has 0 radical (unpaired) electrons. The van der Waals surface area contributed by atoms with Crippen LogP contribution in [0.5, 0.6) is 0 Å². The van der Waals surface area contributed by atoms with Crippen LogP contribution in [0.25, 0.3) is 21.8 Å². The number of amides is 8. The molecule has 4 rings (SSSR count). The molecule has 28 heteroatoms. The van der Waals surface area contributed by atoms with Gasteiger partial charge in [0.05, 0.1) is 6.04 Å². The van der Waals surface area contributed by atoms with Crippen molar-refractivity contribution in [2.45, 2.75) is 154 Å². The van der Waals surface area contributed by atoms with E-state index in [1.807, 2.05) is 62.4 Å². The highest BCUT2D eigenvalue weighted by Crippen LogP contribution is 2.22. The smallest absolute Gasteiger partial charge is 0.243 e. The van der Waals surface area contributed by atoms with Gasteiger partial charge in [-0.15, -0.1) is 0 Å². The van der Waals surface area contributed by atoms with E-state index in [1.54, 1.807) is 40.1 Å². The number of nitrogens with two attached hydrogens (primary N) is 8. The highest BCUT2D eigenvalue weighted by atomic mass is 16.2. The highest BCUT2D eigenvalue weighted by Gasteiger charge is 2.37. The summed E-state index contributed by atoms with van der Waals surface area (Å²) in [5.41, 5.74) is 47.8. The molecule has 2 aromatic heterocycles. The zero-order valence-electron chi connectivity index (χ0n) is 49.5. The molecule has 0 aliphatic carbocycles. The van der Waals surface area contributed by atoms with Gasteiger partial charge in [-0.1, -0.05) is 90.8 Å². The number of benzene rings is 2. The van der Waals surface area contributed by atoms with Gasteiger partial charge in [0.1, 0.15) is 42.3 Å². The molecule has 2 heterocycles. The molecule has 0 saturated heterocycles. The Bertz CT molecular complexity index is 2980. The lowest BCUT2D eigenvalue weighted by Gasteiger charge is -2.31. The number of carbonyl (C=O) groups is 8. The fraction of sp³-hybridized carbons (Fsp3) is 0.526. The summed E-state index contributed by atoms with van der Waals surface area (Å²) in [7, 11) is 0. The number of rotatable bonds is 36. The van der Waals surface area contributed by atoms with Gasteiger partial charge in [0, 0.05) is 66.7 Å². The number of primary amides is 1. The van der Waals surface area contributed by atoms with E-state index in [1.165, 1.54) is 0 Å². The molecular formula is C57H90N20O8. The van der Waals surface area contributed by atoms with Crippen LogP contribution in [0.3, 0.4) is 0 Å². The molecule has 28 nitrogen and oxygen atoms in total. The first-order valence-corrected chi connectivity index (χ1v) is 28.8. The molecule has 0 aliphatic rings. The van der Waals surface area contributed by atoms with E-state index in [0.29, 0.717) is 30.4 Å². The van der Waals surface area contributed by atoms with Gasteiger partial charge in [-0.25, -0.2) is 0 Å². The Morgan fingerprint density at radius 1 is 0.447 bits per heavy atom. The van der Waals surface area contributed by atoms with Crippen molar-refractivity contribution in [3.63, 3.8) is 0 Å². The average molecular weight is 1180 g/mol. The van der Waals surface area contributed by atoms with E-state index in [2.05, 4.69) is 62.2 Å². The van der Waals surface area contributed by atoms with E-state index < -0.39 is 113 Å². The number of fused-ring (bicyclic) bond motifs is 2. The number of hydrogen-bond donors (Lipinski definition) is 17. The maximum atomic E-state index is 14.8. The van der Waals surface area contributed by atoms with Crippen LogP contribution in [-0.2, 0) is 51.2 Å². The molecule has 466 valence electrons. The first kappa shape index (κ1) is 68.5. The fourth-order valence-electron chi connectivity index (χ4n) is 9.43. The summed E-state index contributed by atoms with van der Waals surface area (Å²) in [4.78, 5) is 132. The maximum absolute atomic E-state index is 14.8. The average Bonchev–Trinajstić information content (AvgIpc) is 4.14. The zero-order valence-corrected chi connectivity index (χ0v) is 49.5. The van der Waals surface area contributed by atoms with Crippen molar-refractivity contribution < 1.29 is 38.4 Å². The van der Waals surface area contributed by atoms with Crippen molar-refractivity contribution in [3.8, 4) is 0 Å². The minimum absolute atomic E-state index is 0.0409. The third kappa shape index (κ3) is 21.6. The molecule has 4 aromatic rings. The Labute approximate surface area is 495 Å². The molecule has 0 saturated carbocycles. The van der Waals surface area contributed by atoms with Crippen LogP contribution >= 0.6 is 0 Å². The van der Waals surface area contributed by atoms with Gasteiger partial charge >= 0.3 is 0 Å². The second-order valence-corrected chi connectivity index (χ2v) is 21.7. The van der Waals surface area contributed by atoms with E-state index >= 15 is 0 Å². The number of aromatic nitrogens is 2. The minimum atomic E-state index is -1.35. The summed E-state index contributed by atoms with van der Waals surface area (Å²) in [6, 6.07) is 4.90. The molecule has 0 fully saturated rings. The quantitative estimate of drug-likeness (QED) is 0.0141. The first-order valence-electron chi connectivity index (χ1n) is 28.8. The minimum Gasteiger partial charge on any atom is -0.370 e. The third-order valence-electron chi connectivity index (χ3n) is 14.8. The van der Waals surface area contributed by atoms with E-state index in [4.69, 9.17) is 45.9 Å². The van der Waals surface area contributed by atoms with Crippen LogP contribution in [0.15, 0.2) is 75.9 Å². The lowest BCUT2D eigenvalue weighted by atomic mass is 9.95. The number of hydrogen-bond acceptors (Lipinski definition) is 12. The number of para-hydroxylation sites is 2. The Balaban J connectivity index is 1.64. The van der Waals surface area contributed by atoms with Crippen LogP contribution in [-0.4, -0.2) is 143 Å². The van der Waals surface area contributed by atoms with Crippen LogP contribution < -0.4 is 83.1 Å². The van der Waals surface area contributed by atoms with Crippen molar-refractivity contribution in [3.05, 3.63) is 72.1 Å². The number of aromatic amines is 2. The predicted octanol–water partition coefficient (Wildman–Crippen LogP) is -1.45. The van der Waals surface area contributed by atoms with Crippen LogP contribution in [0.2, 0.25) is 0 Å². The first-order chi connectivity index (χ1) is 40.3. The summed E-state index contributed by atoms with van der Waals surface area (Å²) in [5.74, 6) is -7.87. The molecule has 0 aliphatic heterocycles. The monoisotopic (exact) mass is 1180 g/mol. The van der Waals surface area contributed by atoms with Gasteiger partial charge in [0.2, 0.25) is 47.3 Å². The molecular weight excluding hydrogens is 1090 g/mol. The van der Waals surface area contributed by atoms with Gasteiger partial charge in [0.25, 0.3) is 0 Å². The SMILES string of the molecule is CC[C@H](C)[C@H](NC(=O)[C@@H](NC(=O)[C@H](Cc1c[nH]c2ccccc12)NC(=O)[C@@H](NC(=O)[C@@H](N)CCCN=C(N)N)[C@@H](C)CC)C(C)C)C(=O)N[C@@H](CCCN=C(N)N)C(=O)N[C@@H](Cc1c[nH]c2ccccc12)C(=O)N[C@@H](CCCN=C(N)N)C(N)=O. The van der Waals surface area contributed by atoms with Gasteiger partial charge in [-0.3, -0.25) is 53.3 Å². The number of H-pyrrole nitrogens is 2. The molecule has 8 amide bonds. The van der Waals surface area contributed by atoms with Gasteiger partial charge in [-0.2, -0.15) is 0 Å².